The van der Waals surface area contributed by atoms with E-state index in [1.165, 1.54) is 12.2 Å². The van der Waals surface area contributed by atoms with Crippen molar-refractivity contribution < 1.29 is 18.3 Å². The number of allylic oxidation sites excluding steroid dienone is 2. The number of carbonyl (C=O) groups is 1. The van der Waals surface area contributed by atoms with Crippen LogP contribution in [0.15, 0.2) is 48.1 Å². The molecule has 1 aromatic carbocycles. The monoisotopic (exact) mass is 386 g/mol. The first-order valence-corrected chi connectivity index (χ1v) is 9.06. The molecule has 148 valence electrons. The molecule has 4 nitrogen and oxygen atoms in total. The summed E-state index contributed by atoms with van der Waals surface area (Å²) in [5.41, 5.74) is 0.885. The summed E-state index contributed by atoms with van der Waals surface area (Å²) >= 11 is 0. The molecule has 2 rings (SSSR count). The van der Waals surface area contributed by atoms with Crippen LogP contribution in [0, 0.1) is 24.0 Å². The number of terminal acetylenes is 1. The molecule has 0 aromatic heterocycles. The van der Waals surface area contributed by atoms with Crippen molar-refractivity contribution in [2.24, 2.45) is 0 Å². The number of hydrogen-bond acceptors (Lipinski definition) is 3. The highest BCUT2D eigenvalue weighted by molar-refractivity contribution is 5.92. The van der Waals surface area contributed by atoms with Crippen molar-refractivity contribution in [2.75, 3.05) is 32.8 Å². The van der Waals surface area contributed by atoms with Gasteiger partial charge in [0.2, 0.25) is 5.91 Å². The van der Waals surface area contributed by atoms with Gasteiger partial charge in [0.15, 0.2) is 0 Å². The van der Waals surface area contributed by atoms with Gasteiger partial charge in [-0.1, -0.05) is 18.1 Å². The van der Waals surface area contributed by atoms with E-state index >= 15 is 0 Å². The zero-order chi connectivity index (χ0) is 20.4. The first-order chi connectivity index (χ1) is 13.5. The lowest BCUT2D eigenvalue weighted by molar-refractivity contribution is -0.116. The summed E-state index contributed by atoms with van der Waals surface area (Å²) in [6.07, 6.45) is 13.8. The standard InChI is InChI=1S/C22H24F2N2O2/c1-3-19(6-4-5-9-26-10-12-28-13-11-26)17(2)25-22(27)8-7-18-14-20(23)16-21(24)15-18/h1,4-8,14-17H,9-13H2,2H3,(H,25,27)/b5-4-,8-7+,19-6+. The van der Waals surface area contributed by atoms with Gasteiger partial charge in [0.05, 0.1) is 19.3 Å². The Bertz CT molecular complexity index is 783. The van der Waals surface area contributed by atoms with Crippen LogP contribution in [0.2, 0.25) is 0 Å². The zero-order valence-electron chi connectivity index (χ0n) is 15.8. The van der Waals surface area contributed by atoms with Gasteiger partial charge >= 0.3 is 0 Å². The molecule has 1 aromatic rings. The molecule has 0 radical (unpaired) electrons. The molecule has 0 saturated carbocycles. The predicted molar refractivity (Wildman–Crippen MR) is 106 cm³/mol. The Kier molecular flexibility index (Phi) is 8.60. The second kappa shape index (κ2) is 11.2. The second-order valence-electron chi connectivity index (χ2n) is 6.37. The molecule has 1 atom stereocenters. The average Bonchev–Trinajstić information content (AvgIpc) is 2.66. The molecule has 0 bridgehead atoms. The Labute approximate surface area is 164 Å². The van der Waals surface area contributed by atoms with E-state index in [2.05, 4.69) is 16.1 Å². The molecule has 28 heavy (non-hydrogen) atoms. The molecular formula is C22H24F2N2O2. The van der Waals surface area contributed by atoms with E-state index in [0.29, 0.717) is 5.57 Å². The van der Waals surface area contributed by atoms with Gasteiger partial charge in [-0.25, -0.2) is 8.78 Å². The highest BCUT2D eigenvalue weighted by Crippen LogP contribution is 2.09. The third-order valence-electron chi connectivity index (χ3n) is 4.18. The van der Waals surface area contributed by atoms with Crippen LogP contribution in [-0.4, -0.2) is 49.7 Å². The molecule has 1 aliphatic heterocycles. The topological polar surface area (TPSA) is 41.6 Å². The van der Waals surface area contributed by atoms with Crippen LogP contribution < -0.4 is 5.32 Å². The van der Waals surface area contributed by atoms with Crippen molar-refractivity contribution in [3.8, 4) is 12.3 Å². The van der Waals surface area contributed by atoms with Crippen molar-refractivity contribution in [2.45, 2.75) is 13.0 Å². The predicted octanol–water partition coefficient (Wildman–Crippen LogP) is 2.93. The summed E-state index contributed by atoms with van der Waals surface area (Å²) in [4.78, 5) is 14.3. The summed E-state index contributed by atoms with van der Waals surface area (Å²) in [5, 5.41) is 2.74. The molecule has 1 saturated heterocycles. The van der Waals surface area contributed by atoms with Gasteiger partial charge in [0.25, 0.3) is 0 Å². The Balaban J connectivity index is 1.87. The van der Waals surface area contributed by atoms with Gasteiger partial charge in [0.1, 0.15) is 11.6 Å². The van der Waals surface area contributed by atoms with E-state index in [-0.39, 0.29) is 11.6 Å². The lowest BCUT2D eigenvalue weighted by Crippen LogP contribution is -2.36. The Hall–Kier alpha value is -2.75. The maximum atomic E-state index is 13.2. The van der Waals surface area contributed by atoms with Crippen molar-refractivity contribution in [1.29, 1.82) is 0 Å². The van der Waals surface area contributed by atoms with Gasteiger partial charge in [0, 0.05) is 37.3 Å². The minimum atomic E-state index is -0.699. The molecule has 1 aliphatic rings. The minimum absolute atomic E-state index is 0.263. The van der Waals surface area contributed by atoms with E-state index in [4.69, 9.17) is 11.2 Å². The van der Waals surface area contributed by atoms with Gasteiger partial charge in [-0.05, 0) is 36.8 Å². The molecular weight excluding hydrogens is 362 g/mol. The molecule has 1 amide bonds. The van der Waals surface area contributed by atoms with Crippen LogP contribution in [0.5, 0.6) is 0 Å². The van der Waals surface area contributed by atoms with E-state index in [1.807, 2.05) is 12.2 Å². The van der Waals surface area contributed by atoms with Crippen LogP contribution >= 0.6 is 0 Å². The third-order valence-corrected chi connectivity index (χ3v) is 4.18. The number of morpholine rings is 1. The lowest BCUT2D eigenvalue weighted by Gasteiger charge is -2.25. The fraction of sp³-hybridized carbons (Fsp3) is 0.318. The van der Waals surface area contributed by atoms with Gasteiger partial charge in [-0.2, -0.15) is 0 Å². The smallest absolute Gasteiger partial charge is 0.244 e. The van der Waals surface area contributed by atoms with E-state index in [0.717, 1.165) is 51.0 Å². The Morgan fingerprint density at radius 2 is 2.00 bits per heavy atom. The number of amides is 1. The molecule has 1 heterocycles. The highest BCUT2D eigenvalue weighted by atomic mass is 19.1. The van der Waals surface area contributed by atoms with Crippen molar-refractivity contribution in [1.82, 2.24) is 10.2 Å². The number of benzene rings is 1. The van der Waals surface area contributed by atoms with E-state index < -0.39 is 17.5 Å². The minimum Gasteiger partial charge on any atom is -0.379 e. The highest BCUT2D eigenvalue weighted by Gasteiger charge is 2.09. The van der Waals surface area contributed by atoms with Crippen molar-refractivity contribution in [3.63, 3.8) is 0 Å². The molecule has 0 aliphatic carbocycles. The lowest BCUT2D eigenvalue weighted by atomic mass is 10.1. The second-order valence-corrected chi connectivity index (χ2v) is 6.37. The van der Waals surface area contributed by atoms with Crippen LogP contribution in [-0.2, 0) is 9.53 Å². The summed E-state index contributed by atoms with van der Waals surface area (Å²) in [6, 6.07) is 2.68. The van der Waals surface area contributed by atoms with Crippen molar-refractivity contribution >= 4 is 12.0 Å². The average molecular weight is 386 g/mol. The number of hydrogen-bond donors (Lipinski definition) is 1. The fourth-order valence-corrected chi connectivity index (χ4v) is 2.67. The van der Waals surface area contributed by atoms with Crippen LogP contribution in [0.1, 0.15) is 12.5 Å². The number of nitrogens with zero attached hydrogens (tertiary/aromatic N) is 1. The number of ether oxygens (including phenoxy) is 1. The first kappa shape index (κ1) is 21.5. The number of rotatable bonds is 7. The zero-order valence-corrected chi connectivity index (χ0v) is 15.8. The molecule has 1 N–H and O–H groups in total. The van der Waals surface area contributed by atoms with Gasteiger partial charge in [-0.3, -0.25) is 9.69 Å². The SMILES string of the molecule is C#C/C(=C\C=C/CN1CCOCC1)C(C)NC(=O)/C=C/c1cc(F)cc(F)c1. The van der Waals surface area contributed by atoms with Crippen molar-refractivity contribution in [3.05, 3.63) is 65.3 Å². The Morgan fingerprint density at radius 1 is 1.32 bits per heavy atom. The molecule has 1 fully saturated rings. The third kappa shape index (κ3) is 7.47. The quantitative estimate of drug-likeness (QED) is 0.445. The summed E-state index contributed by atoms with van der Waals surface area (Å²) in [5.74, 6) is 0.767. The summed E-state index contributed by atoms with van der Waals surface area (Å²) in [7, 11) is 0. The number of carbonyl (C=O) groups excluding carboxylic acids is 1. The first-order valence-electron chi connectivity index (χ1n) is 9.06. The van der Waals surface area contributed by atoms with E-state index in [1.54, 1.807) is 13.0 Å². The normalized spacial score (nSPS) is 17.0. The van der Waals surface area contributed by atoms with Gasteiger partial charge < -0.3 is 10.1 Å². The molecule has 6 heteroatoms. The van der Waals surface area contributed by atoms with Crippen LogP contribution in [0.25, 0.3) is 6.08 Å². The summed E-state index contributed by atoms with van der Waals surface area (Å²) in [6.45, 7) is 5.89. The number of nitrogens with one attached hydrogen (secondary N) is 1. The van der Waals surface area contributed by atoms with Gasteiger partial charge in [-0.15, -0.1) is 6.42 Å². The van der Waals surface area contributed by atoms with E-state index in [9.17, 15) is 13.6 Å². The summed E-state index contributed by atoms with van der Waals surface area (Å²) < 4.78 is 31.6. The maximum Gasteiger partial charge on any atom is 0.244 e. The number of halogens is 2. The molecule has 0 spiro atoms. The molecule has 1 unspecified atom stereocenters. The maximum absolute atomic E-state index is 13.2. The Morgan fingerprint density at radius 3 is 2.64 bits per heavy atom. The van der Waals surface area contributed by atoms with Crippen LogP contribution in [0.3, 0.4) is 0 Å². The fourth-order valence-electron chi connectivity index (χ4n) is 2.67. The largest absolute Gasteiger partial charge is 0.379 e. The van der Waals surface area contributed by atoms with Crippen LogP contribution in [0.4, 0.5) is 8.78 Å².